The van der Waals surface area contributed by atoms with Crippen LogP contribution in [0.5, 0.6) is 0 Å². The summed E-state index contributed by atoms with van der Waals surface area (Å²) in [6.07, 6.45) is 1.76. The van der Waals surface area contributed by atoms with Crippen LogP contribution in [0.2, 0.25) is 10.0 Å². The number of hydrogen-bond donors (Lipinski definition) is 1. The van der Waals surface area contributed by atoms with Crippen molar-refractivity contribution in [3.63, 3.8) is 0 Å². The van der Waals surface area contributed by atoms with Crippen LogP contribution in [0.4, 0.5) is 0 Å². The Labute approximate surface area is 127 Å². The second-order valence-electron chi connectivity index (χ2n) is 4.54. The highest BCUT2D eigenvalue weighted by Crippen LogP contribution is 2.33. The lowest BCUT2D eigenvalue weighted by Gasteiger charge is -2.16. The van der Waals surface area contributed by atoms with Crippen molar-refractivity contribution < 1.29 is 0 Å². The van der Waals surface area contributed by atoms with E-state index in [0.717, 1.165) is 22.0 Å². The van der Waals surface area contributed by atoms with E-state index in [4.69, 9.17) is 28.9 Å². The number of benzene rings is 2. The first kappa shape index (κ1) is 13.4. The maximum Gasteiger partial charge on any atom is 0.0753 e. The Hall–Kier alpha value is -1.61. The summed E-state index contributed by atoms with van der Waals surface area (Å²) in [4.78, 5) is 4.42. The normalized spacial score (nSPS) is 12.6. The van der Waals surface area contributed by atoms with Gasteiger partial charge in [0, 0.05) is 11.6 Å². The lowest BCUT2D eigenvalue weighted by Crippen LogP contribution is -2.13. The molecule has 0 aliphatic heterocycles. The van der Waals surface area contributed by atoms with E-state index in [1.165, 1.54) is 0 Å². The third-order valence-corrected chi connectivity index (χ3v) is 4.15. The summed E-state index contributed by atoms with van der Waals surface area (Å²) in [5.74, 6) is 0. The van der Waals surface area contributed by atoms with E-state index < -0.39 is 0 Å². The molecule has 0 radical (unpaired) electrons. The van der Waals surface area contributed by atoms with E-state index in [-0.39, 0.29) is 6.04 Å². The number of halogens is 2. The predicted molar refractivity (Wildman–Crippen MR) is 84.2 cm³/mol. The van der Waals surface area contributed by atoms with Gasteiger partial charge in [0.15, 0.2) is 0 Å². The fourth-order valence-electron chi connectivity index (χ4n) is 2.31. The maximum atomic E-state index is 6.37. The molecule has 100 valence electrons. The first-order valence-electron chi connectivity index (χ1n) is 6.21. The minimum absolute atomic E-state index is 0.361. The Kier molecular flexibility index (Phi) is 3.62. The van der Waals surface area contributed by atoms with Gasteiger partial charge in [0.2, 0.25) is 0 Å². The van der Waals surface area contributed by atoms with Crippen LogP contribution in [0.3, 0.4) is 0 Å². The van der Waals surface area contributed by atoms with Crippen molar-refractivity contribution in [1.82, 2.24) is 4.98 Å². The second kappa shape index (κ2) is 5.41. The molecule has 0 saturated heterocycles. The van der Waals surface area contributed by atoms with Gasteiger partial charge in [-0.15, -0.1) is 0 Å². The van der Waals surface area contributed by atoms with Gasteiger partial charge in [-0.1, -0.05) is 59.6 Å². The number of fused-ring (bicyclic) bond motifs is 1. The predicted octanol–water partition coefficient (Wildman–Crippen LogP) is 4.59. The van der Waals surface area contributed by atoms with Gasteiger partial charge in [0.05, 0.1) is 21.6 Å². The maximum absolute atomic E-state index is 6.37. The Morgan fingerprint density at radius 2 is 1.60 bits per heavy atom. The van der Waals surface area contributed by atoms with Crippen molar-refractivity contribution in [3.05, 3.63) is 75.9 Å². The molecule has 1 unspecified atom stereocenters. The molecule has 1 aromatic heterocycles. The molecule has 0 amide bonds. The number of para-hydroxylation sites is 1. The van der Waals surface area contributed by atoms with Crippen molar-refractivity contribution in [1.29, 1.82) is 0 Å². The monoisotopic (exact) mass is 302 g/mol. The number of aromatic nitrogens is 1. The Bertz CT molecular complexity index is 766. The smallest absolute Gasteiger partial charge is 0.0753 e. The van der Waals surface area contributed by atoms with Gasteiger partial charge in [-0.2, -0.15) is 0 Å². The van der Waals surface area contributed by atoms with E-state index in [1.807, 2.05) is 42.5 Å². The number of nitrogens with two attached hydrogens (primary N) is 1. The molecule has 1 atom stereocenters. The van der Waals surface area contributed by atoms with E-state index in [9.17, 15) is 0 Å². The van der Waals surface area contributed by atoms with Gasteiger partial charge >= 0.3 is 0 Å². The highest BCUT2D eigenvalue weighted by molar-refractivity contribution is 6.42. The average molecular weight is 303 g/mol. The SMILES string of the molecule is NC(c1cccc(Cl)c1Cl)c1cccc2cccnc12. The van der Waals surface area contributed by atoms with E-state index in [0.29, 0.717) is 10.0 Å². The van der Waals surface area contributed by atoms with E-state index in [1.54, 1.807) is 12.3 Å². The van der Waals surface area contributed by atoms with E-state index in [2.05, 4.69) is 4.98 Å². The zero-order valence-electron chi connectivity index (χ0n) is 10.6. The molecular formula is C16H12Cl2N2. The van der Waals surface area contributed by atoms with Crippen LogP contribution in [0.1, 0.15) is 17.2 Å². The molecule has 4 heteroatoms. The molecule has 0 spiro atoms. The third kappa shape index (κ3) is 2.27. The number of pyridine rings is 1. The highest BCUT2D eigenvalue weighted by atomic mass is 35.5. The minimum atomic E-state index is -0.361. The first-order chi connectivity index (χ1) is 9.68. The zero-order valence-corrected chi connectivity index (χ0v) is 12.1. The molecule has 0 aliphatic rings. The topological polar surface area (TPSA) is 38.9 Å². The van der Waals surface area contributed by atoms with Crippen molar-refractivity contribution in [2.75, 3.05) is 0 Å². The van der Waals surface area contributed by atoms with Crippen LogP contribution in [-0.2, 0) is 0 Å². The molecule has 3 rings (SSSR count). The van der Waals surface area contributed by atoms with Crippen molar-refractivity contribution >= 4 is 34.1 Å². The summed E-state index contributed by atoms with van der Waals surface area (Å²) in [6, 6.07) is 15.0. The van der Waals surface area contributed by atoms with Crippen LogP contribution in [0, 0.1) is 0 Å². The molecule has 0 bridgehead atoms. The van der Waals surface area contributed by atoms with Gasteiger partial charge in [0.25, 0.3) is 0 Å². The number of hydrogen-bond acceptors (Lipinski definition) is 2. The quantitative estimate of drug-likeness (QED) is 0.752. The number of nitrogens with zero attached hydrogens (tertiary/aromatic N) is 1. The molecule has 0 fully saturated rings. The molecule has 1 heterocycles. The van der Waals surface area contributed by atoms with Gasteiger partial charge in [-0.3, -0.25) is 4.98 Å². The summed E-state index contributed by atoms with van der Waals surface area (Å²) in [5.41, 5.74) is 9.00. The van der Waals surface area contributed by atoms with Gasteiger partial charge in [0.1, 0.15) is 0 Å². The molecule has 3 aromatic rings. The van der Waals surface area contributed by atoms with Gasteiger partial charge < -0.3 is 5.73 Å². The molecular weight excluding hydrogens is 291 g/mol. The molecule has 0 aliphatic carbocycles. The zero-order chi connectivity index (χ0) is 14.1. The van der Waals surface area contributed by atoms with Crippen LogP contribution in [0.15, 0.2) is 54.7 Å². The van der Waals surface area contributed by atoms with Crippen molar-refractivity contribution in [2.45, 2.75) is 6.04 Å². The second-order valence-corrected chi connectivity index (χ2v) is 5.33. The molecule has 0 saturated carbocycles. The van der Waals surface area contributed by atoms with Gasteiger partial charge in [-0.25, -0.2) is 0 Å². The lowest BCUT2D eigenvalue weighted by atomic mass is 9.97. The van der Waals surface area contributed by atoms with Crippen molar-refractivity contribution in [2.24, 2.45) is 5.73 Å². The summed E-state index contributed by atoms with van der Waals surface area (Å²) < 4.78 is 0. The largest absolute Gasteiger partial charge is 0.320 e. The first-order valence-corrected chi connectivity index (χ1v) is 6.97. The fourth-order valence-corrected chi connectivity index (χ4v) is 2.73. The fraction of sp³-hybridized carbons (Fsp3) is 0.0625. The third-order valence-electron chi connectivity index (χ3n) is 3.32. The summed E-state index contributed by atoms with van der Waals surface area (Å²) >= 11 is 12.3. The molecule has 2 aromatic carbocycles. The van der Waals surface area contributed by atoms with Crippen LogP contribution in [0.25, 0.3) is 10.9 Å². The Morgan fingerprint density at radius 1 is 0.900 bits per heavy atom. The van der Waals surface area contributed by atoms with Gasteiger partial charge in [-0.05, 0) is 23.3 Å². The number of rotatable bonds is 2. The van der Waals surface area contributed by atoms with E-state index >= 15 is 0 Å². The molecule has 2 N–H and O–H groups in total. The summed E-state index contributed by atoms with van der Waals surface area (Å²) in [7, 11) is 0. The summed E-state index contributed by atoms with van der Waals surface area (Å²) in [6.45, 7) is 0. The lowest BCUT2D eigenvalue weighted by molar-refractivity contribution is 0.877. The molecule has 20 heavy (non-hydrogen) atoms. The Balaban J connectivity index is 2.18. The minimum Gasteiger partial charge on any atom is -0.320 e. The Morgan fingerprint density at radius 3 is 2.45 bits per heavy atom. The van der Waals surface area contributed by atoms with Crippen LogP contribution >= 0.6 is 23.2 Å². The molecule has 2 nitrogen and oxygen atoms in total. The summed E-state index contributed by atoms with van der Waals surface area (Å²) in [5, 5.41) is 2.06. The van der Waals surface area contributed by atoms with Crippen LogP contribution < -0.4 is 5.73 Å². The van der Waals surface area contributed by atoms with Crippen molar-refractivity contribution in [3.8, 4) is 0 Å². The highest BCUT2D eigenvalue weighted by Gasteiger charge is 2.16. The van der Waals surface area contributed by atoms with Crippen LogP contribution in [-0.4, -0.2) is 4.98 Å². The standard InChI is InChI=1S/C16H12Cl2N2/c17-13-8-2-6-11(14(13)18)15(19)12-7-1-4-10-5-3-9-20-16(10)12/h1-9,15H,19H2. The average Bonchev–Trinajstić information content (AvgIpc) is 2.49.